The van der Waals surface area contributed by atoms with Crippen LogP contribution in [-0.2, 0) is 0 Å². The Kier molecular flexibility index (Phi) is 3.69. The van der Waals surface area contributed by atoms with E-state index < -0.39 is 0 Å². The molecule has 2 fully saturated rings. The Morgan fingerprint density at radius 1 is 1.20 bits per heavy atom. The van der Waals surface area contributed by atoms with E-state index in [1.165, 1.54) is 28.4 Å². The van der Waals surface area contributed by atoms with Gasteiger partial charge < -0.3 is 5.32 Å². The Labute approximate surface area is 137 Å². The van der Waals surface area contributed by atoms with Gasteiger partial charge in [0.2, 0.25) is 0 Å². The van der Waals surface area contributed by atoms with E-state index in [4.69, 9.17) is 0 Å². The molecule has 1 aromatic carbocycles. The van der Waals surface area contributed by atoms with E-state index in [0.717, 1.165) is 5.92 Å². The first-order valence-electron chi connectivity index (χ1n) is 7.84. The maximum absolute atomic E-state index is 3.97. The summed E-state index contributed by atoms with van der Waals surface area (Å²) >= 11 is 2.37. The lowest BCUT2D eigenvalue weighted by Gasteiger charge is -2.44. The monoisotopic (exact) mass is 383 g/mol. The van der Waals surface area contributed by atoms with Crippen LogP contribution in [0.5, 0.6) is 0 Å². The molecular weight excluding hydrogens is 357 g/mol. The maximum Gasteiger partial charge on any atom is 0.0294 e. The van der Waals surface area contributed by atoms with Crippen molar-refractivity contribution in [3.05, 3.63) is 33.4 Å². The minimum Gasteiger partial charge on any atom is -0.306 e. The van der Waals surface area contributed by atoms with Crippen molar-refractivity contribution < 1.29 is 0 Å². The zero-order valence-corrected chi connectivity index (χ0v) is 15.2. The maximum atomic E-state index is 3.97. The molecule has 0 radical (unpaired) electrons. The number of fused-ring (bicyclic) bond motifs is 2. The minimum absolute atomic E-state index is 0.435. The summed E-state index contributed by atoms with van der Waals surface area (Å²) < 4.78 is 1.31. The fraction of sp³-hybridized carbons (Fsp3) is 0.667. The molecule has 1 nitrogen and oxygen atoms in total. The Morgan fingerprint density at radius 2 is 1.85 bits per heavy atom. The average molecular weight is 383 g/mol. The molecule has 2 aliphatic carbocycles. The van der Waals surface area contributed by atoms with E-state index in [9.17, 15) is 0 Å². The lowest BCUT2D eigenvalue weighted by molar-refractivity contribution is 0.100. The molecule has 0 spiro atoms. The van der Waals surface area contributed by atoms with Crippen molar-refractivity contribution in [2.75, 3.05) is 0 Å². The second-order valence-electron chi connectivity index (χ2n) is 7.79. The average Bonchev–Trinajstić information content (AvgIpc) is 2.86. The number of rotatable bonds is 3. The van der Waals surface area contributed by atoms with Crippen molar-refractivity contribution in [3.63, 3.8) is 0 Å². The van der Waals surface area contributed by atoms with Crippen molar-refractivity contribution in [1.82, 2.24) is 5.32 Å². The summed E-state index contributed by atoms with van der Waals surface area (Å²) in [5, 5.41) is 3.97. The van der Waals surface area contributed by atoms with Crippen LogP contribution in [0.4, 0.5) is 0 Å². The molecule has 20 heavy (non-hydrogen) atoms. The molecule has 0 heterocycles. The van der Waals surface area contributed by atoms with Gasteiger partial charge in [0, 0.05) is 15.7 Å². The van der Waals surface area contributed by atoms with Crippen LogP contribution in [0.25, 0.3) is 0 Å². The van der Waals surface area contributed by atoms with Crippen molar-refractivity contribution in [3.8, 4) is 0 Å². The van der Waals surface area contributed by atoms with Crippen LogP contribution in [0, 0.1) is 20.3 Å². The van der Waals surface area contributed by atoms with Crippen LogP contribution >= 0.6 is 22.6 Å². The van der Waals surface area contributed by atoms with Gasteiger partial charge in [-0.15, -0.1) is 0 Å². The smallest absolute Gasteiger partial charge is 0.0294 e. The number of hydrogen-bond donors (Lipinski definition) is 1. The third kappa shape index (κ3) is 2.33. The first-order valence-corrected chi connectivity index (χ1v) is 8.92. The Hall–Kier alpha value is -0.0900. The fourth-order valence-corrected chi connectivity index (χ4v) is 5.18. The first kappa shape index (κ1) is 14.8. The first-order chi connectivity index (χ1) is 9.33. The summed E-state index contributed by atoms with van der Waals surface area (Å²) in [5.74, 6) is 0.911. The molecule has 0 aliphatic heterocycles. The topological polar surface area (TPSA) is 12.0 Å². The van der Waals surface area contributed by atoms with Crippen LogP contribution in [0.1, 0.15) is 58.6 Å². The van der Waals surface area contributed by atoms with Crippen LogP contribution in [0.15, 0.2) is 24.3 Å². The summed E-state index contributed by atoms with van der Waals surface area (Å²) in [7, 11) is 0. The molecule has 2 aliphatic rings. The highest BCUT2D eigenvalue weighted by molar-refractivity contribution is 14.1. The number of nitrogens with one attached hydrogen (secondary N) is 1. The highest BCUT2D eigenvalue weighted by atomic mass is 127. The predicted molar refractivity (Wildman–Crippen MR) is 93.7 cm³/mol. The zero-order valence-electron chi connectivity index (χ0n) is 13.0. The highest BCUT2D eigenvalue weighted by Gasteiger charge is 2.59. The van der Waals surface area contributed by atoms with Gasteiger partial charge in [-0.1, -0.05) is 32.9 Å². The summed E-state index contributed by atoms with van der Waals surface area (Å²) in [6.45, 7) is 9.76. The number of hydrogen-bond acceptors (Lipinski definition) is 1. The number of halogens is 1. The van der Waals surface area contributed by atoms with E-state index in [0.29, 0.717) is 22.9 Å². The van der Waals surface area contributed by atoms with Crippen LogP contribution < -0.4 is 5.32 Å². The summed E-state index contributed by atoms with van der Waals surface area (Å²) in [5.41, 5.74) is 2.35. The molecule has 2 saturated carbocycles. The Morgan fingerprint density at radius 3 is 2.40 bits per heavy atom. The molecule has 3 rings (SSSR count). The third-order valence-electron chi connectivity index (χ3n) is 6.06. The van der Waals surface area contributed by atoms with Gasteiger partial charge >= 0.3 is 0 Å². The number of benzene rings is 1. The lowest BCUT2D eigenvalue weighted by atomic mass is 9.68. The summed E-state index contributed by atoms with van der Waals surface area (Å²) in [6.07, 6.45) is 4.24. The lowest BCUT2D eigenvalue weighted by Crippen LogP contribution is -2.50. The molecule has 1 N–H and O–H groups in total. The quantitative estimate of drug-likeness (QED) is 0.712. The largest absolute Gasteiger partial charge is 0.306 e. The fourth-order valence-electron chi connectivity index (χ4n) is 4.82. The SMILES string of the molecule is CC(NC1C2(C)CCC(C2)C1(C)C)c1ccc(I)cc1. The van der Waals surface area contributed by atoms with Crippen LogP contribution in [0.3, 0.4) is 0 Å². The second-order valence-corrected chi connectivity index (χ2v) is 9.03. The molecule has 2 bridgehead atoms. The zero-order chi connectivity index (χ0) is 14.5. The van der Waals surface area contributed by atoms with Gasteiger partial charge in [-0.25, -0.2) is 0 Å². The van der Waals surface area contributed by atoms with Crippen LogP contribution in [-0.4, -0.2) is 6.04 Å². The van der Waals surface area contributed by atoms with Crippen LogP contribution in [0.2, 0.25) is 0 Å². The van der Waals surface area contributed by atoms with Crippen molar-refractivity contribution >= 4 is 22.6 Å². The van der Waals surface area contributed by atoms with Gasteiger partial charge in [-0.2, -0.15) is 0 Å². The van der Waals surface area contributed by atoms with E-state index in [1.54, 1.807) is 0 Å². The predicted octanol–water partition coefficient (Wildman–Crippen LogP) is 5.16. The van der Waals surface area contributed by atoms with Gasteiger partial charge in [0.25, 0.3) is 0 Å². The van der Waals surface area contributed by atoms with Gasteiger partial charge in [0.15, 0.2) is 0 Å². The molecule has 0 amide bonds. The molecule has 110 valence electrons. The van der Waals surface area contributed by atoms with Gasteiger partial charge in [-0.05, 0) is 83.2 Å². The summed E-state index contributed by atoms with van der Waals surface area (Å²) in [6, 6.07) is 10.0. The molecular formula is C18H26IN. The molecule has 4 unspecified atom stereocenters. The van der Waals surface area contributed by atoms with E-state index in [-0.39, 0.29) is 0 Å². The van der Waals surface area contributed by atoms with Crippen molar-refractivity contribution in [2.45, 2.75) is 59.0 Å². The normalized spacial score (nSPS) is 36.2. The Balaban J connectivity index is 1.78. The van der Waals surface area contributed by atoms with E-state index in [2.05, 4.69) is 79.9 Å². The molecule has 1 aromatic rings. The van der Waals surface area contributed by atoms with Gasteiger partial charge in [0.1, 0.15) is 0 Å². The second kappa shape index (κ2) is 4.98. The minimum atomic E-state index is 0.435. The molecule has 0 saturated heterocycles. The van der Waals surface area contributed by atoms with Gasteiger partial charge in [0.05, 0.1) is 0 Å². The third-order valence-corrected chi connectivity index (χ3v) is 6.78. The molecule has 2 heteroatoms. The molecule has 4 atom stereocenters. The standard InChI is InChI=1S/C18H26IN/c1-12(13-5-7-15(19)8-6-13)20-16-17(2,3)14-9-10-18(16,4)11-14/h5-8,12,14,16,20H,9-11H2,1-4H3. The van der Waals surface area contributed by atoms with Crippen molar-refractivity contribution in [2.24, 2.45) is 16.7 Å². The van der Waals surface area contributed by atoms with E-state index in [1.807, 2.05) is 0 Å². The highest BCUT2D eigenvalue weighted by Crippen LogP contribution is 2.62. The van der Waals surface area contributed by atoms with Crippen molar-refractivity contribution in [1.29, 1.82) is 0 Å². The van der Waals surface area contributed by atoms with E-state index >= 15 is 0 Å². The van der Waals surface area contributed by atoms with Gasteiger partial charge in [-0.3, -0.25) is 0 Å². The Bertz CT molecular complexity index is 488. The molecule has 0 aromatic heterocycles. The summed E-state index contributed by atoms with van der Waals surface area (Å²) in [4.78, 5) is 0.